The average molecular weight is 254 g/mol. The predicted octanol–water partition coefficient (Wildman–Crippen LogP) is 2.66. The average Bonchev–Trinajstić information content (AvgIpc) is 2.46. The maximum absolute atomic E-state index is 12.4. The van der Waals surface area contributed by atoms with Crippen LogP contribution in [0.1, 0.15) is 17.2 Å². The smallest absolute Gasteiger partial charge is 0.248 e. The molecule has 0 aromatic heterocycles. The van der Waals surface area contributed by atoms with Gasteiger partial charge in [0.25, 0.3) is 0 Å². The van der Waals surface area contributed by atoms with E-state index in [1.807, 2.05) is 61.5 Å². The van der Waals surface area contributed by atoms with Crippen molar-refractivity contribution in [3.8, 4) is 0 Å². The van der Waals surface area contributed by atoms with Crippen molar-refractivity contribution in [1.29, 1.82) is 0 Å². The lowest BCUT2D eigenvalue weighted by molar-refractivity contribution is -0.119. The zero-order valence-electron chi connectivity index (χ0n) is 11.2. The van der Waals surface area contributed by atoms with Crippen LogP contribution in [0.4, 0.5) is 5.69 Å². The Morgan fingerprint density at radius 1 is 1.11 bits per heavy atom. The minimum Gasteiger partial charge on any atom is -0.316 e. The lowest BCUT2D eigenvalue weighted by atomic mass is 10.1. The topological polar surface area (TPSA) is 46.3 Å². The Morgan fingerprint density at radius 3 is 2.42 bits per heavy atom. The van der Waals surface area contributed by atoms with E-state index >= 15 is 0 Å². The molecule has 0 aliphatic carbocycles. The van der Waals surface area contributed by atoms with Crippen LogP contribution in [0, 0.1) is 6.92 Å². The number of nitrogens with two attached hydrogens (primary N) is 1. The van der Waals surface area contributed by atoms with Gasteiger partial charge < -0.3 is 10.6 Å². The van der Waals surface area contributed by atoms with E-state index in [9.17, 15) is 4.79 Å². The molecule has 1 amide bonds. The third kappa shape index (κ3) is 3.01. The number of carbonyl (C=O) groups excluding carboxylic acids is 1. The summed E-state index contributed by atoms with van der Waals surface area (Å²) in [5.41, 5.74) is 8.82. The van der Waals surface area contributed by atoms with Crippen LogP contribution in [-0.2, 0) is 4.79 Å². The number of hydrogen-bond donors (Lipinski definition) is 1. The molecule has 2 rings (SSSR count). The van der Waals surface area contributed by atoms with Crippen LogP contribution in [-0.4, -0.2) is 13.0 Å². The second-order valence-corrected chi connectivity index (χ2v) is 4.62. The fraction of sp³-hybridized carbons (Fsp3) is 0.188. The molecule has 1 atom stereocenters. The van der Waals surface area contributed by atoms with Gasteiger partial charge in [0.15, 0.2) is 0 Å². The summed E-state index contributed by atoms with van der Waals surface area (Å²) >= 11 is 0. The van der Waals surface area contributed by atoms with Crippen molar-refractivity contribution in [2.45, 2.75) is 13.0 Å². The number of hydrogen-bond acceptors (Lipinski definition) is 2. The zero-order chi connectivity index (χ0) is 13.8. The third-order valence-electron chi connectivity index (χ3n) is 3.14. The maximum atomic E-state index is 12.4. The number of nitrogens with zero attached hydrogens (tertiary/aromatic N) is 1. The molecular weight excluding hydrogens is 236 g/mol. The fourth-order valence-electron chi connectivity index (χ4n) is 1.98. The SMILES string of the molecule is Cc1cccc(N(C)C(=O)[C@H](N)c2ccccc2)c1. The number of aryl methyl sites for hydroxylation is 1. The van der Waals surface area contributed by atoms with Crippen molar-refractivity contribution >= 4 is 11.6 Å². The first-order valence-corrected chi connectivity index (χ1v) is 6.24. The second kappa shape index (κ2) is 5.67. The molecule has 0 saturated heterocycles. The van der Waals surface area contributed by atoms with Crippen LogP contribution in [0.25, 0.3) is 0 Å². The zero-order valence-corrected chi connectivity index (χ0v) is 11.2. The van der Waals surface area contributed by atoms with Crippen LogP contribution >= 0.6 is 0 Å². The minimum absolute atomic E-state index is 0.114. The van der Waals surface area contributed by atoms with Crippen LogP contribution in [0.2, 0.25) is 0 Å². The van der Waals surface area contributed by atoms with Gasteiger partial charge in [-0.05, 0) is 30.2 Å². The Kier molecular flexibility index (Phi) is 3.97. The Balaban J connectivity index is 2.20. The maximum Gasteiger partial charge on any atom is 0.248 e. The molecule has 2 aromatic carbocycles. The third-order valence-corrected chi connectivity index (χ3v) is 3.14. The highest BCUT2D eigenvalue weighted by atomic mass is 16.2. The van der Waals surface area contributed by atoms with Gasteiger partial charge in [-0.15, -0.1) is 0 Å². The van der Waals surface area contributed by atoms with Crippen LogP contribution in [0.5, 0.6) is 0 Å². The molecule has 0 radical (unpaired) electrons. The first-order valence-electron chi connectivity index (χ1n) is 6.24. The molecule has 2 N–H and O–H groups in total. The molecule has 3 heteroatoms. The standard InChI is InChI=1S/C16H18N2O/c1-12-7-6-10-14(11-12)18(2)16(19)15(17)13-8-4-3-5-9-13/h3-11,15H,17H2,1-2H3/t15-/m1/s1. The Morgan fingerprint density at radius 2 is 1.79 bits per heavy atom. The molecule has 0 aliphatic rings. The number of anilines is 1. The predicted molar refractivity (Wildman–Crippen MR) is 78.0 cm³/mol. The van der Waals surface area contributed by atoms with Gasteiger partial charge in [-0.2, -0.15) is 0 Å². The molecule has 0 bridgehead atoms. The molecule has 3 nitrogen and oxygen atoms in total. The summed E-state index contributed by atoms with van der Waals surface area (Å²) in [6, 6.07) is 16.6. The van der Waals surface area contributed by atoms with E-state index in [0.29, 0.717) is 0 Å². The Bertz CT molecular complexity index is 566. The molecule has 0 fully saturated rings. The first-order chi connectivity index (χ1) is 9.09. The number of likely N-dealkylation sites (N-methyl/N-ethyl adjacent to an activating group) is 1. The number of rotatable bonds is 3. The largest absolute Gasteiger partial charge is 0.316 e. The highest BCUT2D eigenvalue weighted by molar-refractivity contribution is 5.97. The summed E-state index contributed by atoms with van der Waals surface area (Å²) < 4.78 is 0. The van der Waals surface area contributed by atoms with Gasteiger partial charge >= 0.3 is 0 Å². The highest BCUT2D eigenvalue weighted by Gasteiger charge is 2.20. The van der Waals surface area contributed by atoms with Crippen LogP contribution in [0.15, 0.2) is 54.6 Å². The van der Waals surface area contributed by atoms with Gasteiger partial charge in [0.2, 0.25) is 5.91 Å². The summed E-state index contributed by atoms with van der Waals surface area (Å²) in [5, 5.41) is 0. The lowest BCUT2D eigenvalue weighted by Crippen LogP contribution is -2.35. The summed E-state index contributed by atoms with van der Waals surface area (Å²) in [4.78, 5) is 14.0. The van der Waals surface area contributed by atoms with Crippen LogP contribution < -0.4 is 10.6 Å². The summed E-state index contributed by atoms with van der Waals surface area (Å²) in [6.07, 6.45) is 0. The van der Waals surface area contributed by atoms with Crippen molar-refractivity contribution in [1.82, 2.24) is 0 Å². The van der Waals surface area contributed by atoms with Crippen LogP contribution in [0.3, 0.4) is 0 Å². The summed E-state index contributed by atoms with van der Waals surface area (Å²) in [5.74, 6) is -0.114. The van der Waals surface area contributed by atoms with E-state index in [0.717, 1.165) is 16.8 Å². The summed E-state index contributed by atoms with van der Waals surface area (Å²) in [7, 11) is 1.75. The molecule has 98 valence electrons. The van der Waals surface area contributed by atoms with E-state index in [1.54, 1.807) is 11.9 Å². The van der Waals surface area contributed by atoms with Gasteiger partial charge in [0.05, 0.1) is 0 Å². The minimum atomic E-state index is -0.633. The van der Waals surface area contributed by atoms with E-state index in [-0.39, 0.29) is 5.91 Å². The number of amides is 1. The lowest BCUT2D eigenvalue weighted by Gasteiger charge is -2.22. The Labute approximate surface area is 113 Å². The normalized spacial score (nSPS) is 11.9. The molecule has 2 aromatic rings. The monoisotopic (exact) mass is 254 g/mol. The first kappa shape index (κ1) is 13.3. The number of benzene rings is 2. The molecule has 0 spiro atoms. The van der Waals surface area contributed by atoms with Crippen molar-refractivity contribution in [2.75, 3.05) is 11.9 Å². The molecule has 0 heterocycles. The van der Waals surface area contributed by atoms with Gasteiger partial charge in [0.1, 0.15) is 6.04 Å². The van der Waals surface area contributed by atoms with Gasteiger partial charge in [-0.1, -0.05) is 42.5 Å². The van der Waals surface area contributed by atoms with Crippen molar-refractivity contribution in [2.24, 2.45) is 5.73 Å². The Hall–Kier alpha value is -2.13. The van der Waals surface area contributed by atoms with Crippen molar-refractivity contribution in [3.63, 3.8) is 0 Å². The van der Waals surface area contributed by atoms with Crippen molar-refractivity contribution < 1.29 is 4.79 Å². The van der Waals surface area contributed by atoms with Gasteiger partial charge in [-0.25, -0.2) is 0 Å². The molecule has 0 saturated carbocycles. The van der Waals surface area contributed by atoms with E-state index in [2.05, 4.69) is 0 Å². The molecule has 0 aliphatic heterocycles. The van der Waals surface area contributed by atoms with E-state index in [1.165, 1.54) is 0 Å². The molecule has 19 heavy (non-hydrogen) atoms. The van der Waals surface area contributed by atoms with Gasteiger partial charge in [0, 0.05) is 12.7 Å². The quantitative estimate of drug-likeness (QED) is 0.915. The molecule has 0 unspecified atom stereocenters. The van der Waals surface area contributed by atoms with Crippen molar-refractivity contribution in [3.05, 3.63) is 65.7 Å². The number of carbonyl (C=O) groups is 1. The van der Waals surface area contributed by atoms with E-state index < -0.39 is 6.04 Å². The molecular formula is C16H18N2O. The summed E-state index contributed by atoms with van der Waals surface area (Å²) in [6.45, 7) is 2.00. The van der Waals surface area contributed by atoms with E-state index in [4.69, 9.17) is 5.73 Å². The fourth-order valence-corrected chi connectivity index (χ4v) is 1.98. The highest BCUT2D eigenvalue weighted by Crippen LogP contribution is 2.19. The van der Waals surface area contributed by atoms with Gasteiger partial charge in [-0.3, -0.25) is 4.79 Å². The second-order valence-electron chi connectivity index (χ2n) is 4.62.